The molecule has 1 N–H and O–H groups in total. The average molecular weight is 679 g/mol. The number of carbonyl (C=O) groups is 5. The Labute approximate surface area is 294 Å². The monoisotopic (exact) mass is 678 g/mol. The molecular weight excluding hydrogens is 632 g/mol. The number of esters is 1. The van der Waals surface area contributed by atoms with Gasteiger partial charge in [-0.05, 0) is 81.9 Å². The van der Waals surface area contributed by atoms with Gasteiger partial charge >= 0.3 is 5.97 Å². The number of hydrogen-bond acceptors (Lipinski definition) is 7. The zero-order chi connectivity index (χ0) is 36.6. The normalized spacial score (nSPS) is 14.4. The first-order valence-corrected chi connectivity index (χ1v) is 16.8. The van der Waals surface area contributed by atoms with Crippen LogP contribution in [0.2, 0.25) is 0 Å². The molecule has 9 nitrogen and oxygen atoms in total. The van der Waals surface area contributed by atoms with E-state index >= 15 is 0 Å². The van der Waals surface area contributed by atoms with Crippen LogP contribution in [-0.2, 0) is 35.1 Å². The molecule has 2 atom stereocenters. The standard InChI is InChI=1S/C41H46N2O7/c1-26(2)22-23-49-31-20-18-29(19-21-31)34-32(24-27(3)4)38(46)43(39(34)47)35(30-16-12-9-13-17-30)36(44)37(45)42-33(40(48)50-41(5,6)7)25-28-14-10-8-11-15-28/h8-22,27,33,35H,23-25H2,1-7H3,(H,42,45). The number of carbonyl (C=O) groups excluding carboxylic acids is 5. The number of hydrogen-bond donors (Lipinski definition) is 1. The minimum Gasteiger partial charge on any atom is -0.490 e. The van der Waals surface area contributed by atoms with E-state index in [4.69, 9.17) is 9.47 Å². The second-order valence-corrected chi connectivity index (χ2v) is 14.0. The summed E-state index contributed by atoms with van der Waals surface area (Å²) in [6.45, 7) is 13.3. The molecule has 2 unspecified atom stereocenters. The molecule has 0 saturated heterocycles. The van der Waals surface area contributed by atoms with Crippen LogP contribution in [0.5, 0.6) is 5.75 Å². The van der Waals surface area contributed by atoms with Crippen molar-refractivity contribution in [2.75, 3.05) is 6.61 Å². The zero-order valence-corrected chi connectivity index (χ0v) is 29.8. The van der Waals surface area contributed by atoms with Crippen LogP contribution in [0, 0.1) is 5.92 Å². The van der Waals surface area contributed by atoms with Crippen molar-refractivity contribution in [3.63, 3.8) is 0 Å². The fraction of sp³-hybridized carbons (Fsp3) is 0.341. The van der Waals surface area contributed by atoms with Crippen molar-refractivity contribution in [1.82, 2.24) is 10.2 Å². The smallest absolute Gasteiger partial charge is 0.329 e. The first-order chi connectivity index (χ1) is 23.7. The van der Waals surface area contributed by atoms with E-state index < -0.39 is 47.2 Å². The van der Waals surface area contributed by atoms with Crippen molar-refractivity contribution in [2.24, 2.45) is 5.92 Å². The van der Waals surface area contributed by atoms with E-state index in [1.807, 2.05) is 39.8 Å². The summed E-state index contributed by atoms with van der Waals surface area (Å²) in [6, 6.07) is 21.3. The van der Waals surface area contributed by atoms with Crippen molar-refractivity contribution in [3.05, 3.63) is 119 Å². The first kappa shape index (κ1) is 37.5. The second kappa shape index (κ2) is 16.4. The minimum absolute atomic E-state index is 0.00475. The van der Waals surface area contributed by atoms with Gasteiger partial charge in [-0.25, -0.2) is 4.79 Å². The predicted octanol–water partition coefficient (Wildman–Crippen LogP) is 6.58. The van der Waals surface area contributed by atoms with Crippen LogP contribution in [0.15, 0.2) is 102 Å². The summed E-state index contributed by atoms with van der Waals surface area (Å²) in [5.41, 5.74) is 2.20. The molecule has 1 aliphatic heterocycles. The largest absolute Gasteiger partial charge is 0.490 e. The van der Waals surface area contributed by atoms with Gasteiger partial charge in [-0.1, -0.05) is 92.2 Å². The van der Waals surface area contributed by atoms with Crippen LogP contribution in [0.25, 0.3) is 5.57 Å². The SMILES string of the molecule is CC(C)=CCOc1ccc(C2=C(CC(C)C)C(=O)N(C(C(=O)C(=O)NC(Cc3ccccc3)C(=O)OC(C)(C)C)c3ccccc3)C2=O)cc1. The Morgan fingerprint density at radius 1 is 0.820 bits per heavy atom. The third-order valence-corrected chi connectivity index (χ3v) is 7.83. The highest BCUT2D eigenvalue weighted by molar-refractivity contribution is 6.42. The Bertz CT molecular complexity index is 1760. The topological polar surface area (TPSA) is 119 Å². The Morgan fingerprint density at radius 2 is 1.42 bits per heavy atom. The van der Waals surface area contributed by atoms with Crippen LogP contribution in [0.3, 0.4) is 0 Å². The lowest BCUT2D eigenvalue weighted by Crippen LogP contribution is -2.51. The Morgan fingerprint density at radius 3 is 1.98 bits per heavy atom. The van der Waals surface area contributed by atoms with Gasteiger partial charge in [0.15, 0.2) is 0 Å². The van der Waals surface area contributed by atoms with Crippen LogP contribution in [0.1, 0.15) is 77.6 Å². The molecule has 0 aromatic heterocycles. The quantitative estimate of drug-likeness (QED) is 0.0886. The van der Waals surface area contributed by atoms with Gasteiger partial charge < -0.3 is 14.8 Å². The number of amides is 3. The summed E-state index contributed by atoms with van der Waals surface area (Å²) in [4.78, 5) is 70.8. The van der Waals surface area contributed by atoms with Crippen LogP contribution in [-0.4, -0.2) is 52.6 Å². The highest BCUT2D eigenvalue weighted by atomic mass is 16.6. The molecule has 3 amide bonds. The van der Waals surface area contributed by atoms with Crippen molar-refractivity contribution in [1.29, 1.82) is 0 Å². The highest BCUT2D eigenvalue weighted by Crippen LogP contribution is 2.38. The third kappa shape index (κ3) is 9.65. The molecule has 4 rings (SSSR count). The lowest BCUT2D eigenvalue weighted by Gasteiger charge is -2.28. The third-order valence-electron chi connectivity index (χ3n) is 7.83. The van der Waals surface area contributed by atoms with E-state index in [2.05, 4.69) is 5.32 Å². The average Bonchev–Trinajstić information content (AvgIpc) is 3.29. The molecule has 1 heterocycles. The maximum Gasteiger partial charge on any atom is 0.329 e. The molecule has 0 aliphatic carbocycles. The van der Waals surface area contributed by atoms with Gasteiger partial charge in [0.25, 0.3) is 17.7 Å². The molecule has 9 heteroatoms. The van der Waals surface area contributed by atoms with Gasteiger partial charge in [0.05, 0.1) is 5.57 Å². The molecule has 3 aromatic rings. The van der Waals surface area contributed by atoms with Crippen LogP contribution < -0.4 is 10.1 Å². The van der Waals surface area contributed by atoms with Gasteiger partial charge in [-0.2, -0.15) is 0 Å². The highest BCUT2D eigenvalue weighted by Gasteiger charge is 2.47. The molecule has 3 aromatic carbocycles. The van der Waals surface area contributed by atoms with Crippen molar-refractivity contribution >= 4 is 35.0 Å². The van der Waals surface area contributed by atoms with Gasteiger partial charge in [-0.15, -0.1) is 0 Å². The molecule has 0 saturated carbocycles. The van der Waals surface area contributed by atoms with Crippen LogP contribution in [0.4, 0.5) is 0 Å². The molecule has 1 aliphatic rings. The molecular formula is C41H46N2O7. The summed E-state index contributed by atoms with van der Waals surface area (Å²) in [6.07, 6.45) is 2.28. The molecule has 262 valence electrons. The minimum atomic E-state index is -1.58. The van der Waals surface area contributed by atoms with E-state index in [-0.39, 0.29) is 35.5 Å². The van der Waals surface area contributed by atoms with E-state index in [0.717, 1.165) is 16.0 Å². The Hall–Kier alpha value is -5.31. The lowest BCUT2D eigenvalue weighted by molar-refractivity contribution is -0.159. The molecule has 0 fully saturated rings. The first-order valence-electron chi connectivity index (χ1n) is 16.8. The summed E-state index contributed by atoms with van der Waals surface area (Å²) < 4.78 is 11.4. The summed E-state index contributed by atoms with van der Waals surface area (Å²) in [5, 5.41) is 2.56. The Balaban J connectivity index is 1.70. The zero-order valence-electron chi connectivity index (χ0n) is 29.8. The number of allylic oxidation sites excluding steroid dienone is 1. The van der Waals surface area contributed by atoms with Gasteiger partial charge in [0, 0.05) is 12.0 Å². The number of ether oxygens (including phenoxy) is 2. The molecule has 0 spiro atoms. The summed E-state index contributed by atoms with van der Waals surface area (Å²) in [5.74, 6) is -3.64. The van der Waals surface area contributed by atoms with Gasteiger partial charge in [0.1, 0.15) is 30.0 Å². The number of Topliss-reactive ketones (excluding diaryl/α,β-unsaturated/α-hetero) is 1. The lowest BCUT2D eigenvalue weighted by atomic mass is 9.95. The van der Waals surface area contributed by atoms with Gasteiger partial charge in [0.2, 0.25) is 5.78 Å². The Kier molecular flexibility index (Phi) is 12.3. The number of nitrogens with one attached hydrogen (secondary N) is 1. The van der Waals surface area contributed by atoms with E-state index in [0.29, 0.717) is 17.9 Å². The van der Waals surface area contributed by atoms with Crippen molar-refractivity contribution in [2.45, 2.75) is 79.0 Å². The maximum absolute atomic E-state index is 14.4. The number of rotatable bonds is 14. The predicted molar refractivity (Wildman–Crippen MR) is 192 cm³/mol. The van der Waals surface area contributed by atoms with E-state index in [1.54, 1.807) is 99.6 Å². The number of imide groups is 1. The summed E-state index contributed by atoms with van der Waals surface area (Å²) in [7, 11) is 0. The van der Waals surface area contributed by atoms with Gasteiger partial charge in [-0.3, -0.25) is 24.1 Å². The van der Waals surface area contributed by atoms with E-state index in [9.17, 15) is 24.0 Å². The number of ketones is 1. The molecule has 0 bridgehead atoms. The van der Waals surface area contributed by atoms with E-state index in [1.165, 1.54) is 0 Å². The fourth-order valence-electron chi connectivity index (χ4n) is 5.57. The maximum atomic E-state index is 14.4. The molecule has 50 heavy (non-hydrogen) atoms. The second-order valence-electron chi connectivity index (χ2n) is 14.0. The fourth-order valence-corrected chi connectivity index (χ4v) is 5.57. The van der Waals surface area contributed by atoms with Crippen molar-refractivity contribution < 1.29 is 33.4 Å². The van der Waals surface area contributed by atoms with Crippen LogP contribution >= 0.6 is 0 Å². The number of nitrogens with zero attached hydrogens (tertiary/aromatic N) is 1. The number of benzene rings is 3. The summed E-state index contributed by atoms with van der Waals surface area (Å²) >= 11 is 0. The van der Waals surface area contributed by atoms with Crippen molar-refractivity contribution in [3.8, 4) is 5.75 Å². The molecule has 0 radical (unpaired) electrons.